The molecule has 0 heterocycles. The average molecular weight is 445 g/mol. The van der Waals surface area contributed by atoms with E-state index in [9.17, 15) is 22.0 Å². The van der Waals surface area contributed by atoms with Crippen molar-refractivity contribution < 1.29 is 22.0 Å². The lowest BCUT2D eigenvalue weighted by Gasteiger charge is -2.23. The summed E-state index contributed by atoms with van der Waals surface area (Å²) in [7, 11) is -3.93. The zero-order chi connectivity index (χ0) is 22.2. The van der Waals surface area contributed by atoms with E-state index < -0.39 is 27.3 Å². The first-order valence-corrected chi connectivity index (χ1v) is 11.9. The standard InChI is InChI=1S/C23H22F2N2O3S/c1-31(29,30)27(23-18(24)7-3-8-19(23)25)14-4-9-21(28)26-20-13-12-16-11-10-15-5-2-6-17(20)22(15)16/h2-3,5-8,12-13H,4,9-11,14H2,1H3,(H,26,28). The number of anilines is 2. The molecule has 0 unspecified atom stereocenters. The Morgan fingerprint density at radius 2 is 1.65 bits per heavy atom. The van der Waals surface area contributed by atoms with E-state index in [1.165, 1.54) is 22.6 Å². The maximum atomic E-state index is 14.1. The van der Waals surface area contributed by atoms with Gasteiger partial charge < -0.3 is 5.32 Å². The normalized spacial score (nSPS) is 12.9. The molecule has 0 saturated heterocycles. The molecule has 1 aliphatic carbocycles. The maximum absolute atomic E-state index is 14.1. The van der Waals surface area contributed by atoms with Crippen molar-refractivity contribution in [2.75, 3.05) is 22.4 Å². The van der Waals surface area contributed by atoms with E-state index in [0.717, 1.165) is 36.6 Å². The molecule has 5 nitrogen and oxygen atoms in total. The van der Waals surface area contributed by atoms with Crippen LogP contribution in [0.4, 0.5) is 20.2 Å². The van der Waals surface area contributed by atoms with Gasteiger partial charge in [-0.05, 0) is 54.0 Å². The Morgan fingerprint density at radius 1 is 1.00 bits per heavy atom. The Labute approximate surface area is 179 Å². The minimum Gasteiger partial charge on any atom is -0.326 e. The summed E-state index contributed by atoms with van der Waals surface area (Å²) in [5.41, 5.74) is 2.60. The van der Waals surface area contributed by atoms with Crippen LogP contribution in [0.15, 0.2) is 48.5 Å². The molecule has 31 heavy (non-hydrogen) atoms. The monoisotopic (exact) mass is 444 g/mol. The predicted octanol–water partition coefficient (Wildman–Crippen LogP) is 4.40. The lowest BCUT2D eigenvalue weighted by atomic mass is 10.0. The number of amides is 1. The van der Waals surface area contributed by atoms with Gasteiger partial charge in [-0.3, -0.25) is 9.10 Å². The van der Waals surface area contributed by atoms with Gasteiger partial charge in [-0.2, -0.15) is 0 Å². The van der Waals surface area contributed by atoms with E-state index in [1.807, 2.05) is 24.3 Å². The quantitative estimate of drug-likeness (QED) is 0.587. The molecule has 0 atom stereocenters. The summed E-state index contributed by atoms with van der Waals surface area (Å²) in [4.78, 5) is 12.5. The molecule has 0 bridgehead atoms. The summed E-state index contributed by atoms with van der Waals surface area (Å²) in [6.07, 6.45) is 2.96. The summed E-state index contributed by atoms with van der Waals surface area (Å²) in [6.45, 7) is -0.214. The topological polar surface area (TPSA) is 66.5 Å². The number of nitrogens with zero attached hydrogens (tertiary/aromatic N) is 1. The number of halogens is 2. The van der Waals surface area contributed by atoms with Crippen molar-refractivity contribution in [3.8, 4) is 0 Å². The summed E-state index contributed by atoms with van der Waals surface area (Å²) in [6, 6.07) is 13.1. The number of nitrogens with one attached hydrogen (secondary N) is 1. The van der Waals surface area contributed by atoms with Crippen molar-refractivity contribution in [2.24, 2.45) is 0 Å². The Balaban J connectivity index is 1.46. The molecule has 0 radical (unpaired) electrons. The van der Waals surface area contributed by atoms with Gasteiger partial charge in [0.05, 0.1) is 6.26 Å². The number of carbonyl (C=O) groups excluding carboxylic acids is 1. The average Bonchev–Trinajstić information content (AvgIpc) is 3.12. The first-order valence-electron chi connectivity index (χ1n) is 10.0. The fourth-order valence-electron chi connectivity index (χ4n) is 4.12. The van der Waals surface area contributed by atoms with Crippen LogP contribution in [-0.2, 0) is 27.7 Å². The van der Waals surface area contributed by atoms with Gasteiger partial charge in [-0.15, -0.1) is 0 Å². The van der Waals surface area contributed by atoms with Crippen LogP contribution in [0.25, 0.3) is 10.8 Å². The summed E-state index contributed by atoms with van der Waals surface area (Å²) in [5.74, 6) is -2.23. The van der Waals surface area contributed by atoms with Gasteiger partial charge in [-0.1, -0.05) is 30.3 Å². The Kier molecular flexibility index (Phi) is 5.66. The molecule has 0 aliphatic heterocycles. The molecule has 8 heteroatoms. The maximum Gasteiger partial charge on any atom is 0.232 e. The molecule has 4 rings (SSSR count). The zero-order valence-electron chi connectivity index (χ0n) is 17.0. The number of sulfonamides is 1. The Bertz CT molecular complexity index is 1240. The van der Waals surface area contributed by atoms with Crippen LogP contribution in [0.2, 0.25) is 0 Å². The SMILES string of the molecule is CS(=O)(=O)N(CCCC(=O)Nc1ccc2c3c(cccc13)CC2)c1c(F)cccc1F. The fraction of sp³-hybridized carbons (Fsp3) is 0.261. The van der Waals surface area contributed by atoms with Gasteiger partial charge in [0.15, 0.2) is 11.6 Å². The second kappa shape index (κ2) is 8.26. The molecule has 0 saturated carbocycles. The van der Waals surface area contributed by atoms with Gasteiger partial charge in [0.2, 0.25) is 15.9 Å². The van der Waals surface area contributed by atoms with Crippen molar-refractivity contribution in [1.82, 2.24) is 0 Å². The molecule has 0 spiro atoms. The zero-order valence-corrected chi connectivity index (χ0v) is 17.8. The molecular formula is C23H22F2N2O3S. The van der Waals surface area contributed by atoms with E-state index in [1.54, 1.807) is 0 Å². The number of aryl methyl sites for hydroxylation is 2. The Hall–Kier alpha value is -3.00. The highest BCUT2D eigenvalue weighted by Crippen LogP contribution is 2.35. The molecule has 1 N–H and O–H groups in total. The summed E-state index contributed by atoms with van der Waals surface area (Å²) < 4.78 is 53.1. The van der Waals surface area contributed by atoms with Gasteiger partial charge in [0, 0.05) is 24.0 Å². The molecule has 0 aromatic heterocycles. The van der Waals surface area contributed by atoms with Crippen LogP contribution in [-0.4, -0.2) is 27.1 Å². The van der Waals surface area contributed by atoms with Crippen molar-refractivity contribution in [3.63, 3.8) is 0 Å². The Morgan fingerprint density at radius 3 is 2.32 bits per heavy atom. The predicted molar refractivity (Wildman–Crippen MR) is 118 cm³/mol. The first kappa shape index (κ1) is 21.2. The second-order valence-electron chi connectivity index (χ2n) is 7.67. The van der Waals surface area contributed by atoms with Crippen molar-refractivity contribution in [2.45, 2.75) is 25.7 Å². The summed E-state index contributed by atoms with van der Waals surface area (Å²) in [5, 5.41) is 5.05. The third-order valence-electron chi connectivity index (χ3n) is 5.50. The molecule has 162 valence electrons. The largest absolute Gasteiger partial charge is 0.326 e. The molecular weight excluding hydrogens is 422 g/mol. The van der Waals surface area contributed by atoms with Gasteiger partial charge in [-0.25, -0.2) is 17.2 Å². The number of hydrogen-bond donors (Lipinski definition) is 1. The first-order chi connectivity index (χ1) is 14.8. The number of carbonyl (C=O) groups is 1. The van der Waals surface area contributed by atoms with Crippen molar-refractivity contribution in [1.29, 1.82) is 0 Å². The molecule has 1 aliphatic rings. The fourth-order valence-corrected chi connectivity index (χ4v) is 5.09. The highest BCUT2D eigenvalue weighted by atomic mass is 32.2. The summed E-state index contributed by atoms with van der Waals surface area (Å²) >= 11 is 0. The van der Waals surface area contributed by atoms with Crippen LogP contribution in [0, 0.1) is 11.6 Å². The van der Waals surface area contributed by atoms with Crippen LogP contribution in [0.5, 0.6) is 0 Å². The van der Waals surface area contributed by atoms with Crippen LogP contribution < -0.4 is 9.62 Å². The van der Waals surface area contributed by atoms with Crippen molar-refractivity contribution >= 4 is 38.1 Å². The second-order valence-corrected chi connectivity index (χ2v) is 9.58. The number of hydrogen-bond acceptors (Lipinski definition) is 3. The highest BCUT2D eigenvalue weighted by molar-refractivity contribution is 7.92. The molecule has 1 amide bonds. The molecule has 3 aromatic carbocycles. The van der Waals surface area contributed by atoms with Crippen molar-refractivity contribution in [3.05, 3.63) is 71.3 Å². The van der Waals surface area contributed by atoms with Gasteiger partial charge in [0.25, 0.3) is 0 Å². The minimum absolute atomic E-state index is 0.00499. The van der Waals surface area contributed by atoms with E-state index in [0.29, 0.717) is 9.99 Å². The van der Waals surface area contributed by atoms with Crippen LogP contribution in [0.1, 0.15) is 24.0 Å². The van der Waals surface area contributed by atoms with Crippen LogP contribution >= 0.6 is 0 Å². The van der Waals surface area contributed by atoms with E-state index in [2.05, 4.69) is 11.4 Å². The molecule has 0 fully saturated rings. The molecule has 3 aromatic rings. The van der Waals surface area contributed by atoms with Crippen LogP contribution in [0.3, 0.4) is 0 Å². The van der Waals surface area contributed by atoms with Gasteiger partial charge >= 0.3 is 0 Å². The smallest absolute Gasteiger partial charge is 0.232 e. The third kappa shape index (κ3) is 4.25. The minimum atomic E-state index is -3.93. The lowest BCUT2D eigenvalue weighted by molar-refractivity contribution is -0.116. The van der Waals surface area contributed by atoms with E-state index in [-0.39, 0.29) is 25.3 Å². The lowest BCUT2D eigenvalue weighted by Crippen LogP contribution is -2.33. The number of benzene rings is 3. The number of para-hydroxylation sites is 1. The third-order valence-corrected chi connectivity index (χ3v) is 6.67. The number of rotatable bonds is 7. The van der Waals surface area contributed by atoms with E-state index in [4.69, 9.17) is 0 Å². The van der Waals surface area contributed by atoms with E-state index >= 15 is 0 Å². The highest BCUT2D eigenvalue weighted by Gasteiger charge is 2.24. The van der Waals surface area contributed by atoms with Gasteiger partial charge in [0.1, 0.15) is 5.69 Å².